The number of benzene rings is 1. The van der Waals surface area contributed by atoms with E-state index in [0.29, 0.717) is 23.9 Å². The van der Waals surface area contributed by atoms with Crippen LogP contribution in [0.1, 0.15) is 48.8 Å². The van der Waals surface area contributed by atoms with Gasteiger partial charge in [0.2, 0.25) is 0 Å². The average molecular weight is 454 g/mol. The zero-order valence-electron chi connectivity index (χ0n) is 18.4. The second kappa shape index (κ2) is 11.5. The highest BCUT2D eigenvalue weighted by molar-refractivity contribution is 6.31. The van der Waals surface area contributed by atoms with Crippen LogP contribution in [-0.4, -0.2) is 32.2 Å². The Labute approximate surface area is 193 Å². The van der Waals surface area contributed by atoms with Crippen LogP contribution in [0.3, 0.4) is 0 Å². The molecule has 0 saturated carbocycles. The van der Waals surface area contributed by atoms with Gasteiger partial charge in [-0.05, 0) is 48.7 Å². The minimum Gasteiger partial charge on any atom is -0.494 e. The molecule has 0 aliphatic rings. The van der Waals surface area contributed by atoms with Crippen LogP contribution >= 0.6 is 11.6 Å². The molecule has 0 atom stereocenters. The van der Waals surface area contributed by atoms with Crippen LogP contribution in [0.25, 0.3) is 6.08 Å². The number of halogens is 1. The maximum Gasteiger partial charge on any atom is 0.331 e. The molecule has 3 rings (SSSR count). The van der Waals surface area contributed by atoms with Crippen molar-refractivity contribution >= 4 is 23.6 Å². The Balaban J connectivity index is 1.79. The third kappa shape index (κ3) is 6.44. The van der Waals surface area contributed by atoms with Crippen LogP contribution in [0.15, 0.2) is 54.5 Å². The van der Waals surface area contributed by atoms with E-state index in [2.05, 4.69) is 16.9 Å². The quantitative estimate of drug-likeness (QED) is 0.303. The van der Waals surface area contributed by atoms with E-state index in [1.165, 1.54) is 0 Å². The Bertz CT molecular complexity index is 1080. The van der Waals surface area contributed by atoms with Crippen LogP contribution in [0.2, 0.25) is 5.02 Å². The van der Waals surface area contributed by atoms with E-state index in [9.17, 15) is 9.90 Å². The summed E-state index contributed by atoms with van der Waals surface area (Å²) in [6.45, 7) is 5.20. The molecule has 0 aliphatic carbocycles. The molecule has 0 spiro atoms. The van der Waals surface area contributed by atoms with Gasteiger partial charge in [-0.3, -0.25) is 4.98 Å². The number of rotatable bonds is 11. The summed E-state index contributed by atoms with van der Waals surface area (Å²) >= 11 is 6.52. The number of aliphatic carboxylic acids is 1. The third-order valence-corrected chi connectivity index (χ3v) is 5.52. The highest BCUT2D eigenvalue weighted by atomic mass is 35.5. The molecule has 2 aromatic heterocycles. The van der Waals surface area contributed by atoms with Gasteiger partial charge in [0.1, 0.15) is 11.6 Å². The largest absolute Gasteiger partial charge is 0.494 e. The smallest absolute Gasteiger partial charge is 0.331 e. The summed E-state index contributed by atoms with van der Waals surface area (Å²) in [5.74, 6) is 0.558. The third-order valence-electron chi connectivity index (χ3n) is 5.17. The number of carbonyl (C=O) groups is 1. The number of aromatic nitrogens is 3. The summed E-state index contributed by atoms with van der Waals surface area (Å²) in [6.07, 6.45) is 10.3. The van der Waals surface area contributed by atoms with Gasteiger partial charge in [0.25, 0.3) is 0 Å². The zero-order valence-corrected chi connectivity index (χ0v) is 19.2. The first-order valence-electron chi connectivity index (χ1n) is 10.7. The second-order valence-corrected chi connectivity index (χ2v) is 8.05. The molecule has 0 bridgehead atoms. The number of unbranched alkanes of at least 4 members (excludes halogenated alkanes) is 2. The molecule has 1 aromatic carbocycles. The molecule has 0 amide bonds. The van der Waals surface area contributed by atoms with Gasteiger partial charge in [-0.1, -0.05) is 43.5 Å². The number of hydrogen-bond donors (Lipinski definition) is 1. The fraction of sp³-hybridized carbons (Fsp3) is 0.320. The van der Waals surface area contributed by atoms with Crippen molar-refractivity contribution in [3.8, 4) is 5.75 Å². The Morgan fingerprint density at radius 2 is 2.09 bits per heavy atom. The van der Waals surface area contributed by atoms with Gasteiger partial charge in [0.15, 0.2) is 0 Å². The predicted molar refractivity (Wildman–Crippen MR) is 126 cm³/mol. The lowest BCUT2D eigenvalue weighted by Gasteiger charge is -2.13. The van der Waals surface area contributed by atoms with Gasteiger partial charge in [-0.2, -0.15) is 0 Å². The van der Waals surface area contributed by atoms with Gasteiger partial charge in [-0.25, -0.2) is 9.78 Å². The maximum atomic E-state index is 11.9. The fourth-order valence-corrected chi connectivity index (χ4v) is 3.58. The van der Waals surface area contributed by atoms with Crippen LogP contribution in [0.5, 0.6) is 5.75 Å². The molecule has 3 aromatic rings. The summed E-state index contributed by atoms with van der Waals surface area (Å²) < 4.78 is 7.73. The molecule has 0 fully saturated rings. The first kappa shape index (κ1) is 23.5. The first-order valence-corrected chi connectivity index (χ1v) is 11.1. The number of aryl methyl sites for hydroxylation is 1. The second-order valence-electron chi connectivity index (χ2n) is 7.64. The number of carboxylic acid groups (broad SMARTS) is 1. The highest BCUT2D eigenvalue weighted by Gasteiger charge is 2.13. The van der Waals surface area contributed by atoms with E-state index in [-0.39, 0.29) is 12.0 Å². The van der Waals surface area contributed by atoms with Gasteiger partial charge >= 0.3 is 5.97 Å². The van der Waals surface area contributed by atoms with Crippen LogP contribution < -0.4 is 4.74 Å². The topological polar surface area (TPSA) is 77.2 Å². The van der Waals surface area contributed by atoms with Crippen LogP contribution in [0, 0.1) is 6.92 Å². The summed E-state index contributed by atoms with van der Waals surface area (Å²) in [5, 5.41) is 10.3. The first-order chi connectivity index (χ1) is 15.5. The van der Waals surface area contributed by atoms with E-state index in [1.54, 1.807) is 30.7 Å². The number of nitrogens with zero attached hydrogens (tertiary/aromatic N) is 3. The lowest BCUT2D eigenvalue weighted by molar-refractivity contribution is -0.132. The minimum absolute atomic E-state index is 0.265. The van der Waals surface area contributed by atoms with Gasteiger partial charge < -0.3 is 14.4 Å². The summed E-state index contributed by atoms with van der Waals surface area (Å²) in [6, 6.07) is 9.34. The highest BCUT2D eigenvalue weighted by Crippen LogP contribution is 2.25. The number of pyridine rings is 1. The number of ether oxygens (including phenoxy) is 1. The number of imidazole rings is 1. The predicted octanol–water partition coefficient (Wildman–Crippen LogP) is 5.57. The van der Waals surface area contributed by atoms with Crippen molar-refractivity contribution < 1.29 is 14.6 Å². The average Bonchev–Trinajstić information content (AvgIpc) is 3.12. The fourth-order valence-electron chi connectivity index (χ4n) is 3.35. The summed E-state index contributed by atoms with van der Waals surface area (Å²) in [7, 11) is 0. The molecular formula is C25H28ClN3O3. The lowest BCUT2D eigenvalue weighted by Crippen LogP contribution is -2.08. The van der Waals surface area contributed by atoms with E-state index in [4.69, 9.17) is 16.3 Å². The molecule has 32 heavy (non-hydrogen) atoms. The Morgan fingerprint density at radius 1 is 1.25 bits per heavy atom. The molecule has 0 saturated heterocycles. The number of hydrogen-bond acceptors (Lipinski definition) is 4. The summed E-state index contributed by atoms with van der Waals surface area (Å²) in [5.41, 5.74) is 2.72. The Hall–Kier alpha value is -3.12. The van der Waals surface area contributed by atoms with Crippen molar-refractivity contribution in [2.75, 3.05) is 6.61 Å². The van der Waals surface area contributed by atoms with Gasteiger partial charge in [-0.15, -0.1) is 0 Å². The van der Waals surface area contributed by atoms with Crippen molar-refractivity contribution in [3.63, 3.8) is 0 Å². The standard InChI is InChI=1S/C25H28ClN3O3/c1-3-4-5-11-32-23-9-8-20(24(26)14-23)17-29-18(2)28-16-22(29)13-21(25(30)31)12-19-7-6-10-27-15-19/h6-10,13-16H,3-5,11-12,17H2,1-2H3,(H,30,31). The molecule has 7 heteroatoms. The van der Waals surface area contributed by atoms with Crippen molar-refractivity contribution in [2.45, 2.75) is 46.1 Å². The molecule has 0 aliphatic heterocycles. The van der Waals surface area contributed by atoms with Gasteiger partial charge in [0.05, 0.1) is 25.0 Å². The van der Waals surface area contributed by atoms with Crippen molar-refractivity contribution in [1.82, 2.24) is 14.5 Å². The molecule has 2 heterocycles. The Kier molecular flexibility index (Phi) is 8.45. The number of carboxylic acids is 1. The van der Waals surface area contributed by atoms with Crippen molar-refractivity contribution in [2.24, 2.45) is 0 Å². The Morgan fingerprint density at radius 3 is 2.78 bits per heavy atom. The molecule has 6 nitrogen and oxygen atoms in total. The SMILES string of the molecule is CCCCCOc1ccc(Cn2c(C=C(Cc3cccnc3)C(=O)O)cnc2C)c(Cl)c1. The summed E-state index contributed by atoms with van der Waals surface area (Å²) in [4.78, 5) is 20.3. The minimum atomic E-state index is -0.970. The van der Waals surface area contributed by atoms with E-state index >= 15 is 0 Å². The van der Waals surface area contributed by atoms with E-state index in [1.807, 2.05) is 35.8 Å². The molecule has 0 radical (unpaired) electrons. The molecule has 0 unspecified atom stereocenters. The maximum absolute atomic E-state index is 11.9. The van der Waals surface area contributed by atoms with Crippen molar-refractivity contribution in [1.29, 1.82) is 0 Å². The van der Waals surface area contributed by atoms with Gasteiger partial charge in [0, 0.05) is 29.4 Å². The van der Waals surface area contributed by atoms with Crippen LogP contribution in [0.4, 0.5) is 0 Å². The lowest BCUT2D eigenvalue weighted by atomic mass is 10.1. The monoisotopic (exact) mass is 453 g/mol. The van der Waals surface area contributed by atoms with Crippen molar-refractivity contribution in [3.05, 3.63) is 82.2 Å². The zero-order chi connectivity index (χ0) is 22.9. The molecular weight excluding hydrogens is 426 g/mol. The van der Waals surface area contributed by atoms with Crippen LogP contribution in [-0.2, 0) is 17.8 Å². The normalized spacial score (nSPS) is 11.5. The molecule has 168 valence electrons. The van der Waals surface area contributed by atoms with E-state index < -0.39 is 5.97 Å². The molecule has 1 N–H and O–H groups in total. The van der Waals surface area contributed by atoms with E-state index in [0.717, 1.165) is 42.0 Å².